The maximum absolute atomic E-state index is 12.5. The molecule has 6 nitrogen and oxygen atoms in total. The summed E-state index contributed by atoms with van der Waals surface area (Å²) in [7, 11) is 1.59. The SMILES string of the molecule is COc1ccc(NC(=O)c2ccc[n+](CC(=O)Nc3ccc(C)cc3)c2)cc1. The van der Waals surface area contributed by atoms with E-state index in [0.29, 0.717) is 11.3 Å². The van der Waals surface area contributed by atoms with Crippen molar-refractivity contribution in [1.82, 2.24) is 0 Å². The predicted molar refractivity (Wildman–Crippen MR) is 107 cm³/mol. The molecule has 2 aromatic carbocycles. The number of aromatic nitrogens is 1. The molecular formula is C22H22N3O3+. The van der Waals surface area contributed by atoms with Crippen LogP contribution in [0.2, 0.25) is 0 Å². The monoisotopic (exact) mass is 376 g/mol. The molecule has 2 amide bonds. The van der Waals surface area contributed by atoms with Crippen LogP contribution in [0.15, 0.2) is 73.1 Å². The van der Waals surface area contributed by atoms with E-state index in [1.54, 1.807) is 60.5 Å². The summed E-state index contributed by atoms with van der Waals surface area (Å²) >= 11 is 0. The lowest BCUT2D eigenvalue weighted by atomic mass is 10.2. The molecule has 142 valence electrons. The van der Waals surface area contributed by atoms with Crippen molar-refractivity contribution in [2.45, 2.75) is 13.5 Å². The number of hydrogen-bond acceptors (Lipinski definition) is 3. The molecule has 0 atom stereocenters. The predicted octanol–water partition coefficient (Wildman–Crippen LogP) is 3.18. The van der Waals surface area contributed by atoms with Gasteiger partial charge in [-0.15, -0.1) is 0 Å². The molecule has 0 saturated carbocycles. The summed E-state index contributed by atoms with van der Waals surface area (Å²) in [6.45, 7) is 2.10. The van der Waals surface area contributed by atoms with Gasteiger partial charge in [0.1, 0.15) is 11.3 Å². The number of rotatable bonds is 6. The number of carbonyl (C=O) groups excluding carboxylic acids is 2. The summed E-state index contributed by atoms with van der Waals surface area (Å²) in [6.07, 6.45) is 3.40. The molecule has 0 unspecified atom stereocenters. The number of aryl methyl sites for hydroxylation is 1. The van der Waals surface area contributed by atoms with Crippen molar-refractivity contribution in [2.75, 3.05) is 17.7 Å². The summed E-state index contributed by atoms with van der Waals surface area (Å²) in [4.78, 5) is 24.7. The minimum Gasteiger partial charge on any atom is -0.497 e. The summed E-state index contributed by atoms with van der Waals surface area (Å²) in [5.74, 6) is 0.301. The lowest BCUT2D eigenvalue weighted by Crippen LogP contribution is -2.40. The first-order valence-electron chi connectivity index (χ1n) is 8.84. The first-order chi connectivity index (χ1) is 13.5. The molecule has 0 aliphatic heterocycles. The van der Waals surface area contributed by atoms with Gasteiger partial charge in [0, 0.05) is 17.4 Å². The van der Waals surface area contributed by atoms with E-state index < -0.39 is 0 Å². The van der Waals surface area contributed by atoms with E-state index in [2.05, 4.69) is 10.6 Å². The third-order valence-corrected chi connectivity index (χ3v) is 4.13. The standard InChI is InChI=1S/C22H21N3O3/c1-16-5-7-18(8-6-16)23-21(26)15-25-13-3-4-17(14-25)22(27)24-19-9-11-20(28-2)12-10-19/h3-14H,15H2,1-2H3,(H-,23,24,26,27)/p+1. The molecule has 0 bridgehead atoms. The topological polar surface area (TPSA) is 71.3 Å². The minimum atomic E-state index is -0.251. The highest BCUT2D eigenvalue weighted by Crippen LogP contribution is 2.15. The summed E-state index contributed by atoms with van der Waals surface area (Å²) in [6, 6.07) is 18.1. The van der Waals surface area contributed by atoms with Gasteiger partial charge in [0.05, 0.1) is 7.11 Å². The van der Waals surface area contributed by atoms with Crippen LogP contribution in [-0.2, 0) is 11.3 Å². The molecule has 2 N–H and O–H groups in total. The molecule has 3 rings (SSSR count). The highest BCUT2D eigenvalue weighted by Gasteiger charge is 2.14. The first-order valence-corrected chi connectivity index (χ1v) is 8.84. The van der Waals surface area contributed by atoms with Crippen LogP contribution in [0.25, 0.3) is 0 Å². The van der Waals surface area contributed by atoms with Gasteiger partial charge in [-0.1, -0.05) is 17.7 Å². The number of amides is 2. The van der Waals surface area contributed by atoms with Crippen LogP contribution in [-0.4, -0.2) is 18.9 Å². The maximum Gasteiger partial charge on any atom is 0.290 e. The van der Waals surface area contributed by atoms with Crippen molar-refractivity contribution in [2.24, 2.45) is 0 Å². The molecule has 0 aliphatic carbocycles. The Morgan fingerprint density at radius 2 is 1.57 bits per heavy atom. The van der Waals surface area contributed by atoms with Gasteiger partial charge >= 0.3 is 0 Å². The number of nitrogens with one attached hydrogen (secondary N) is 2. The number of benzene rings is 2. The number of anilines is 2. The summed E-state index contributed by atoms with van der Waals surface area (Å²) in [5, 5.41) is 5.67. The van der Waals surface area contributed by atoms with Crippen LogP contribution < -0.4 is 19.9 Å². The second-order valence-corrected chi connectivity index (χ2v) is 6.36. The van der Waals surface area contributed by atoms with Crippen molar-refractivity contribution in [3.63, 3.8) is 0 Å². The lowest BCUT2D eigenvalue weighted by Gasteiger charge is -2.06. The maximum atomic E-state index is 12.5. The van der Waals surface area contributed by atoms with Crippen LogP contribution in [0, 0.1) is 6.92 Å². The van der Waals surface area contributed by atoms with Crippen LogP contribution in [0.1, 0.15) is 15.9 Å². The molecule has 1 aromatic heterocycles. The Kier molecular flexibility index (Phi) is 6.01. The van der Waals surface area contributed by atoms with Gasteiger partial charge in [0.2, 0.25) is 6.54 Å². The van der Waals surface area contributed by atoms with Crippen molar-refractivity contribution in [3.05, 3.63) is 84.2 Å². The van der Waals surface area contributed by atoms with Gasteiger partial charge in [-0.3, -0.25) is 9.59 Å². The second kappa shape index (κ2) is 8.81. The summed E-state index contributed by atoms with van der Waals surface area (Å²) in [5.41, 5.74) is 2.99. The van der Waals surface area contributed by atoms with Crippen molar-refractivity contribution >= 4 is 23.2 Å². The van der Waals surface area contributed by atoms with E-state index in [-0.39, 0.29) is 18.4 Å². The van der Waals surface area contributed by atoms with Crippen molar-refractivity contribution < 1.29 is 18.9 Å². The zero-order valence-corrected chi connectivity index (χ0v) is 15.8. The molecular weight excluding hydrogens is 354 g/mol. The lowest BCUT2D eigenvalue weighted by molar-refractivity contribution is -0.684. The number of nitrogens with zero attached hydrogens (tertiary/aromatic N) is 1. The molecule has 0 saturated heterocycles. The van der Waals surface area contributed by atoms with E-state index in [9.17, 15) is 9.59 Å². The molecule has 6 heteroatoms. The molecule has 3 aromatic rings. The highest BCUT2D eigenvalue weighted by molar-refractivity contribution is 6.03. The number of carbonyl (C=O) groups is 2. The Morgan fingerprint density at radius 1 is 0.929 bits per heavy atom. The van der Waals surface area contributed by atoms with Crippen LogP contribution >= 0.6 is 0 Å². The fourth-order valence-corrected chi connectivity index (χ4v) is 2.64. The van der Waals surface area contributed by atoms with Crippen molar-refractivity contribution in [1.29, 1.82) is 0 Å². The van der Waals surface area contributed by atoms with Gasteiger partial charge in [0.25, 0.3) is 11.8 Å². The number of hydrogen-bond donors (Lipinski definition) is 2. The molecule has 1 heterocycles. The Hall–Kier alpha value is -3.67. The van der Waals surface area contributed by atoms with E-state index in [0.717, 1.165) is 17.0 Å². The van der Waals surface area contributed by atoms with Crippen LogP contribution in [0.3, 0.4) is 0 Å². The highest BCUT2D eigenvalue weighted by atomic mass is 16.5. The van der Waals surface area contributed by atoms with E-state index in [4.69, 9.17) is 4.74 Å². The average molecular weight is 376 g/mol. The Morgan fingerprint density at radius 3 is 2.25 bits per heavy atom. The number of methoxy groups -OCH3 is 1. The first kappa shape index (κ1) is 19.1. The number of pyridine rings is 1. The van der Waals surface area contributed by atoms with Gasteiger partial charge in [-0.05, 0) is 49.4 Å². The molecule has 0 aliphatic rings. The normalized spacial score (nSPS) is 10.2. The fourth-order valence-electron chi connectivity index (χ4n) is 2.64. The minimum absolute atomic E-state index is 0.109. The number of ether oxygens (including phenoxy) is 1. The van der Waals surface area contributed by atoms with Gasteiger partial charge in [0.15, 0.2) is 12.4 Å². The van der Waals surface area contributed by atoms with Gasteiger partial charge in [-0.2, -0.15) is 4.57 Å². The van der Waals surface area contributed by atoms with E-state index >= 15 is 0 Å². The van der Waals surface area contributed by atoms with Gasteiger partial charge < -0.3 is 15.4 Å². The molecule has 0 fully saturated rings. The van der Waals surface area contributed by atoms with E-state index in [1.807, 2.05) is 31.2 Å². The Bertz CT molecular complexity index is 967. The third-order valence-electron chi connectivity index (χ3n) is 4.13. The molecule has 28 heavy (non-hydrogen) atoms. The zero-order valence-electron chi connectivity index (χ0n) is 15.8. The average Bonchev–Trinajstić information content (AvgIpc) is 2.70. The third kappa shape index (κ3) is 5.17. The zero-order chi connectivity index (χ0) is 19.9. The van der Waals surface area contributed by atoms with Crippen LogP contribution in [0.5, 0.6) is 5.75 Å². The largest absolute Gasteiger partial charge is 0.497 e. The van der Waals surface area contributed by atoms with Crippen molar-refractivity contribution in [3.8, 4) is 5.75 Å². The quantitative estimate of drug-likeness (QED) is 0.649. The van der Waals surface area contributed by atoms with Gasteiger partial charge in [-0.25, -0.2) is 0 Å². The molecule has 0 radical (unpaired) electrons. The fraction of sp³-hybridized carbons (Fsp3) is 0.136. The van der Waals surface area contributed by atoms with E-state index in [1.165, 1.54) is 0 Å². The Balaban J connectivity index is 1.62. The smallest absolute Gasteiger partial charge is 0.290 e. The summed E-state index contributed by atoms with van der Waals surface area (Å²) < 4.78 is 6.78. The Labute approximate surface area is 163 Å². The molecule has 0 spiro atoms. The van der Waals surface area contributed by atoms with Crippen LogP contribution in [0.4, 0.5) is 11.4 Å². The second-order valence-electron chi connectivity index (χ2n) is 6.36.